The summed E-state index contributed by atoms with van der Waals surface area (Å²) >= 11 is 5.09. The topological polar surface area (TPSA) is 29.1 Å². The van der Waals surface area contributed by atoms with Gasteiger partial charge in [-0.1, -0.05) is 13.3 Å². The lowest BCUT2D eigenvalue weighted by atomic mass is 9.85. The van der Waals surface area contributed by atoms with Crippen LogP contribution >= 0.6 is 27.3 Å². The molecule has 0 saturated carbocycles. The van der Waals surface area contributed by atoms with Gasteiger partial charge in [0.1, 0.15) is 0 Å². The molecule has 17 heavy (non-hydrogen) atoms. The fourth-order valence-electron chi connectivity index (χ4n) is 2.60. The Morgan fingerprint density at radius 2 is 2.47 bits per heavy atom. The van der Waals surface area contributed by atoms with E-state index in [1.807, 2.05) is 5.38 Å². The van der Waals surface area contributed by atoms with E-state index >= 15 is 0 Å². The van der Waals surface area contributed by atoms with E-state index in [9.17, 15) is 4.79 Å². The summed E-state index contributed by atoms with van der Waals surface area (Å²) in [7, 11) is 0. The maximum atomic E-state index is 12.5. The van der Waals surface area contributed by atoms with Crippen LogP contribution in [0, 0.1) is 0 Å². The Kier molecular flexibility index (Phi) is 4.39. The van der Waals surface area contributed by atoms with Crippen molar-refractivity contribution in [3.8, 4) is 0 Å². The van der Waals surface area contributed by atoms with Crippen molar-refractivity contribution >= 4 is 33.0 Å². The summed E-state index contributed by atoms with van der Waals surface area (Å²) in [6.45, 7) is 3.14. The van der Waals surface area contributed by atoms with Crippen molar-refractivity contribution < 1.29 is 4.79 Å². The first-order valence-corrected chi connectivity index (χ1v) is 7.85. The molecule has 1 aliphatic rings. The maximum absolute atomic E-state index is 12.5. The third kappa shape index (κ3) is 2.98. The molecule has 2 rings (SSSR count). The predicted octanol–water partition coefficient (Wildman–Crippen LogP) is 3.54. The highest BCUT2D eigenvalue weighted by molar-refractivity contribution is 9.10. The summed E-state index contributed by atoms with van der Waals surface area (Å²) in [6.07, 6.45) is 4.74. The molecule has 1 atom stereocenters. The van der Waals surface area contributed by atoms with Gasteiger partial charge in [0, 0.05) is 21.2 Å². The van der Waals surface area contributed by atoms with Gasteiger partial charge in [-0.15, -0.1) is 11.3 Å². The molecule has 0 aromatic carbocycles. The molecule has 1 saturated heterocycles. The van der Waals surface area contributed by atoms with E-state index in [0.29, 0.717) is 12.2 Å². The third-order valence-electron chi connectivity index (χ3n) is 3.41. The van der Waals surface area contributed by atoms with Gasteiger partial charge in [0.15, 0.2) is 5.78 Å². The first kappa shape index (κ1) is 13.2. The molecule has 1 aromatic rings. The highest BCUT2D eigenvalue weighted by Crippen LogP contribution is 2.29. The van der Waals surface area contributed by atoms with E-state index in [-0.39, 0.29) is 5.54 Å². The number of ketones is 1. The Hall–Kier alpha value is -0.190. The van der Waals surface area contributed by atoms with E-state index in [4.69, 9.17) is 0 Å². The summed E-state index contributed by atoms with van der Waals surface area (Å²) in [4.78, 5) is 13.6. The van der Waals surface area contributed by atoms with Crippen LogP contribution in [-0.2, 0) is 11.2 Å². The van der Waals surface area contributed by atoms with E-state index in [0.717, 1.165) is 41.6 Å². The normalized spacial score (nSPS) is 24.1. The molecule has 4 heteroatoms. The lowest BCUT2D eigenvalue weighted by Crippen LogP contribution is -2.48. The van der Waals surface area contributed by atoms with Gasteiger partial charge in [-0.2, -0.15) is 0 Å². The van der Waals surface area contributed by atoms with Gasteiger partial charge in [0.2, 0.25) is 0 Å². The van der Waals surface area contributed by atoms with Gasteiger partial charge < -0.3 is 5.32 Å². The Morgan fingerprint density at radius 1 is 1.65 bits per heavy atom. The average Bonchev–Trinajstić information content (AvgIpc) is 2.89. The molecule has 0 spiro atoms. The molecule has 1 N–H and O–H groups in total. The van der Waals surface area contributed by atoms with Gasteiger partial charge in [0.25, 0.3) is 0 Å². The number of halogens is 1. The van der Waals surface area contributed by atoms with E-state index in [1.54, 1.807) is 11.3 Å². The molecule has 0 bridgehead atoms. The van der Waals surface area contributed by atoms with Crippen LogP contribution in [-0.4, -0.2) is 17.9 Å². The van der Waals surface area contributed by atoms with Gasteiger partial charge in [-0.05, 0) is 47.8 Å². The molecule has 1 fully saturated rings. The van der Waals surface area contributed by atoms with Gasteiger partial charge >= 0.3 is 0 Å². The maximum Gasteiger partial charge on any atom is 0.158 e. The molecule has 0 amide bonds. The van der Waals surface area contributed by atoms with E-state index in [2.05, 4.69) is 34.2 Å². The molecule has 2 nitrogen and oxygen atoms in total. The fraction of sp³-hybridized carbons (Fsp3) is 0.615. The van der Waals surface area contributed by atoms with Crippen molar-refractivity contribution in [1.82, 2.24) is 5.32 Å². The zero-order chi connectivity index (χ0) is 12.3. The van der Waals surface area contributed by atoms with Crippen molar-refractivity contribution in [3.63, 3.8) is 0 Å². The number of hydrogen-bond acceptors (Lipinski definition) is 3. The largest absolute Gasteiger partial charge is 0.305 e. The summed E-state index contributed by atoms with van der Waals surface area (Å²) < 4.78 is 1.08. The average molecular weight is 316 g/mol. The number of thiophene rings is 1. The predicted molar refractivity (Wildman–Crippen MR) is 75.6 cm³/mol. The smallest absolute Gasteiger partial charge is 0.158 e. The summed E-state index contributed by atoms with van der Waals surface area (Å²) in [5, 5.41) is 5.48. The monoisotopic (exact) mass is 315 g/mol. The lowest BCUT2D eigenvalue weighted by Gasteiger charge is -2.27. The molecule has 0 aliphatic carbocycles. The van der Waals surface area contributed by atoms with Gasteiger partial charge in [0.05, 0.1) is 5.54 Å². The zero-order valence-electron chi connectivity index (χ0n) is 10.1. The second kappa shape index (κ2) is 5.63. The van der Waals surface area contributed by atoms with Crippen molar-refractivity contribution in [2.75, 3.05) is 6.54 Å². The number of rotatable bonds is 5. The van der Waals surface area contributed by atoms with Crippen molar-refractivity contribution in [1.29, 1.82) is 0 Å². The van der Waals surface area contributed by atoms with Crippen LogP contribution in [0.25, 0.3) is 0 Å². The van der Waals surface area contributed by atoms with Crippen molar-refractivity contribution in [2.45, 2.75) is 44.6 Å². The Bertz CT molecular complexity index is 396. The third-order valence-corrected chi connectivity index (χ3v) is 5.11. The number of hydrogen-bond donors (Lipinski definition) is 1. The van der Waals surface area contributed by atoms with Gasteiger partial charge in [-0.3, -0.25) is 4.79 Å². The summed E-state index contributed by atoms with van der Waals surface area (Å²) in [6, 6.07) is 2.05. The van der Waals surface area contributed by atoms with Crippen molar-refractivity contribution in [3.05, 3.63) is 20.8 Å². The van der Waals surface area contributed by atoms with Crippen LogP contribution in [0.5, 0.6) is 0 Å². The standard InChI is InChI=1S/C13H18BrNOS/c1-2-4-13(5-3-6-15-13)12(16)8-11-7-10(14)9-17-11/h7,9,15H,2-6,8H2,1H3. The minimum absolute atomic E-state index is 0.231. The highest BCUT2D eigenvalue weighted by atomic mass is 79.9. The molecule has 0 radical (unpaired) electrons. The van der Waals surface area contributed by atoms with Crippen LogP contribution in [0.4, 0.5) is 0 Å². The Balaban J connectivity index is 2.06. The Morgan fingerprint density at radius 3 is 3.00 bits per heavy atom. The lowest BCUT2D eigenvalue weighted by molar-refractivity contribution is -0.124. The van der Waals surface area contributed by atoms with Crippen LogP contribution in [0.15, 0.2) is 15.9 Å². The summed E-state index contributed by atoms with van der Waals surface area (Å²) in [5.41, 5.74) is -0.231. The first-order valence-electron chi connectivity index (χ1n) is 6.17. The number of carbonyl (C=O) groups excluding carboxylic acids is 1. The van der Waals surface area contributed by atoms with E-state index in [1.165, 1.54) is 0 Å². The molecular weight excluding hydrogens is 298 g/mol. The molecular formula is C13H18BrNOS. The van der Waals surface area contributed by atoms with Crippen LogP contribution in [0.3, 0.4) is 0 Å². The highest BCUT2D eigenvalue weighted by Gasteiger charge is 2.39. The molecule has 94 valence electrons. The van der Waals surface area contributed by atoms with Crippen LogP contribution in [0.1, 0.15) is 37.5 Å². The van der Waals surface area contributed by atoms with E-state index < -0.39 is 0 Å². The minimum Gasteiger partial charge on any atom is -0.305 e. The van der Waals surface area contributed by atoms with Crippen LogP contribution in [0.2, 0.25) is 0 Å². The second-order valence-electron chi connectivity index (χ2n) is 4.69. The van der Waals surface area contributed by atoms with Gasteiger partial charge in [-0.25, -0.2) is 0 Å². The number of nitrogens with one attached hydrogen (secondary N) is 1. The second-order valence-corrected chi connectivity index (χ2v) is 6.61. The fourth-order valence-corrected chi connectivity index (χ4v) is 4.05. The number of Topliss-reactive ketones (excluding diaryl/α,β-unsaturated/α-hetero) is 1. The Labute approximate surface area is 115 Å². The minimum atomic E-state index is -0.231. The summed E-state index contributed by atoms with van der Waals surface area (Å²) in [5.74, 6) is 0.367. The quantitative estimate of drug-likeness (QED) is 0.900. The molecule has 1 aliphatic heterocycles. The molecule has 2 heterocycles. The first-order chi connectivity index (χ1) is 8.16. The molecule has 1 aromatic heterocycles. The SMILES string of the molecule is CCCC1(C(=O)Cc2cc(Br)cs2)CCCN1. The zero-order valence-corrected chi connectivity index (χ0v) is 12.5. The van der Waals surface area contributed by atoms with Crippen molar-refractivity contribution in [2.24, 2.45) is 0 Å². The number of carbonyl (C=O) groups is 1. The molecule has 1 unspecified atom stereocenters. The van der Waals surface area contributed by atoms with Crippen LogP contribution < -0.4 is 5.32 Å².